The van der Waals surface area contributed by atoms with Gasteiger partial charge in [-0.3, -0.25) is 0 Å². The van der Waals surface area contributed by atoms with Gasteiger partial charge in [0.1, 0.15) is 0 Å². The second kappa shape index (κ2) is 10.1. The van der Waals surface area contributed by atoms with Crippen LogP contribution in [0.5, 0.6) is 0 Å². The number of nitrogens with one attached hydrogen (secondary N) is 1. The lowest BCUT2D eigenvalue weighted by atomic mass is 10.0. The molecule has 0 spiro atoms. The Labute approximate surface area is 179 Å². The molecule has 4 rings (SSSR count). The van der Waals surface area contributed by atoms with Crippen molar-refractivity contribution in [3.8, 4) is 0 Å². The van der Waals surface area contributed by atoms with Crippen LogP contribution in [0.15, 0.2) is 78.4 Å². The standard InChI is InChI=1S/C25H29ClN2O/c26-23-11-13-24(14-12-23)28(17-20-7-3-1-4-8-20)18-22-15-27-16-25(22)29-19-21-9-5-2-6-10-21/h1,3-5,7-14,22,25,27H,2,6,15-19H2/t22-,25-/m0/s1. The Hall–Kier alpha value is -2.07. The van der Waals surface area contributed by atoms with Gasteiger partial charge in [0.2, 0.25) is 0 Å². The number of nitrogens with zero attached hydrogens (tertiary/aromatic N) is 1. The van der Waals surface area contributed by atoms with Gasteiger partial charge in [-0.1, -0.05) is 60.2 Å². The first-order chi connectivity index (χ1) is 14.3. The average Bonchev–Trinajstić information content (AvgIpc) is 3.21. The van der Waals surface area contributed by atoms with Crippen LogP contribution in [0, 0.1) is 5.92 Å². The first-order valence-electron chi connectivity index (χ1n) is 10.5. The van der Waals surface area contributed by atoms with Crippen LogP contribution in [-0.2, 0) is 11.3 Å². The van der Waals surface area contributed by atoms with Gasteiger partial charge < -0.3 is 15.0 Å². The average molecular weight is 409 g/mol. The van der Waals surface area contributed by atoms with Gasteiger partial charge in [-0.25, -0.2) is 0 Å². The summed E-state index contributed by atoms with van der Waals surface area (Å²) >= 11 is 6.13. The molecule has 2 atom stereocenters. The molecule has 2 aromatic rings. The highest BCUT2D eigenvalue weighted by molar-refractivity contribution is 6.30. The molecule has 1 aliphatic carbocycles. The fourth-order valence-electron chi connectivity index (χ4n) is 4.06. The van der Waals surface area contributed by atoms with Gasteiger partial charge in [-0.05, 0) is 48.2 Å². The van der Waals surface area contributed by atoms with E-state index in [-0.39, 0.29) is 6.10 Å². The SMILES string of the molecule is Clc1ccc(N(Cc2ccccc2)C[C@@H]2CNC[C@@H]2OCC2=CCCC=C2)cc1. The largest absolute Gasteiger partial charge is 0.372 e. The molecule has 1 aliphatic heterocycles. The Balaban J connectivity index is 1.44. The quantitative estimate of drug-likeness (QED) is 0.647. The minimum Gasteiger partial charge on any atom is -0.372 e. The predicted molar refractivity (Wildman–Crippen MR) is 122 cm³/mol. The Morgan fingerprint density at radius 3 is 2.59 bits per heavy atom. The summed E-state index contributed by atoms with van der Waals surface area (Å²) in [5.74, 6) is 0.447. The van der Waals surface area contributed by atoms with Crippen molar-refractivity contribution in [2.24, 2.45) is 5.92 Å². The number of hydrogen-bond donors (Lipinski definition) is 1. The van der Waals surface area contributed by atoms with E-state index in [0.29, 0.717) is 12.5 Å². The van der Waals surface area contributed by atoms with Crippen LogP contribution in [0.2, 0.25) is 5.02 Å². The second-order valence-electron chi connectivity index (χ2n) is 7.87. The zero-order valence-electron chi connectivity index (χ0n) is 16.8. The van der Waals surface area contributed by atoms with Crippen molar-refractivity contribution in [3.05, 3.63) is 89.0 Å². The molecule has 0 radical (unpaired) electrons. The summed E-state index contributed by atoms with van der Waals surface area (Å²) in [6, 6.07) is 18.8. The third kappa shape index (κ3) is 5.72. The maximum absolute atomic E-state index is 6.33. The molecule has 4 heteroatoms. The second-order valence-corrected chi connectivity index (χ2v) is 8.31. The third-order valence-corrected chi connectivity index (χ3v) is 5.93. The summed E-state index contributed by atoms with van der Waals surface area (Å²) < 4.78 is 6.33. The predicted octanol–water partition coefficient (Wildman–Crippen LogP) is 5.23. The molecule has 1 N–H and O–H groups in total. The Kier molecular flexibility index (Phi) is 7.04. The number of hydrogen-bond acceptors (Lipinski definition) is 3. The number of benzene rings is 2. The van der Waals surface area contributed by atoms with Crippen LogP contribution >= 0.6 is 11.6 Å². The van der Waals surface area contributed by atoms with E-state index in [4.69, 9.17) is 16.3 Å². The van der Waals surface area contributed by atoms with Crippen molar-refractivity contribution in [1.82, 2.24) is 5.32 Å². The number of ether oxygens (including phenoxy) is 1. The van der Waals surface area contributed by atoms with Gasteiger partial charge in [0.05, 0.1) is 12.7 Å². The van der Waals surface area contributed by atoms with Gasteiger partial charge in [0.25, 0.3) is 0 Å². The van der Waals surface area contributed by atoms with Crippen LogP contribution < -0.4 is 10.2 Å². The molecule has 3 nitrogen and oxygen atoms in total. The first-order valence-corrected chi connectivity index (χ1v) is 10.9. The number of anilines is 1. The van der Waals surface area contributed by atoms with E-state index in [0.717, 1.165) is 44.0 Å². The zero-order chi connectivity index (χ0) is 19.9. The molecule has 0 aromatic heterocycles. The topological polar surface area (TPSA) is 24.5 Å². The van der Waals surface area contributed by atoms with E-state index >= 15 is 0 Å². The van der Waals surface area contributed by atoms with E-state index < -0.39 is 0 Å². The summed E-state index contributed by atoms with van der Waals surface area (Å²) in [4.78, 5) is 2.44. The van der Waals surface area contributed by atoms with Crippen LogP contribution in [0.4, 0.5) is 5.69 Å². The molecule has 152 valence electrons. The maximum atomic E-state index is 6.33. The Morgan fingerprint density at radius 2 is 1.83 bits per heavy atom. The van der Waals surface area contributed by atoms with Gasteiger partial charge in [-0.15, -0.1) is 0 Å². The highest BCUT2D eigenvalue weighted by atomic mass is 35.5. The summed E-state index contributed by atoms with van der Waals surface area (Å²) in [6.07, 6.45) is 9.25. The van der Waals surface area contributed by atoms with E-state index in [1.54, 1.807) is 0 Å². The van der Waals surface area contributed by atoms with Gasteiger partial charge >= 0.3 is 0 Å². The molecule has 2 aromatic carbocycles. The Morgan fingerprint density at radius 1 is 1.00 bits per heavy atom. The minimum absolute atomic E-state index is 0.233. The van der Waals surface area contributed by atoms with Crippen molar-refractivity contribution < 1.29 is 4.74 Å². The normalized spacial score (nSPS) is 21.2. The molecule has 0 unspecified atom stereocenters. The lowest BCUT2D eigenvalue weighted by Crippen LogP contribution is -2.36. The maximum Gasteiger partial charge on any atom is 0.0761 e. The fraction of sp³-hybridized carbons (Fsp3) is 0.360. The number of halogens is 1. The first kappa shape index (κ1) is 20.2. The molecule has 0 saturated carbocycles. The fourth-order valence-corrected chi connectivity index (χ4v) is 4.19. The highest BCUT2D eigenvalue weighted by Gasteiger charge is 2.30. The van der Waals surface area contributed by atoms with Crippen LogP contribution in [0.3, 0.4) is 0 Å². The highest BCUT2D eigenvalue weighted by Crippen LogP contribution is 2.24. The smallest absolute Gasteiger partial charge is 0.0761 e. The lowest BCUT2D eigenvalue weighted by Gasteiger charge is -2.30. The molecule has 1 heterocycles. The summed E-state index contributed by atoms with van der Waals surface area (Å²) in [5, 5.41) is 4.30. The molecular formula is C25H29ClN2O. The van der Waals surface area contributed by atoms with Gasteiger partial charge in [-0.2, -0.15) is 0 Å². The van der Waals surface area contributed by atoms with Crippen molar-refractivity contribution >= 4 is 17.3 Å². The van der Waals surface area contributed by atoms with E-state index in [1.807, 2.05) is 12.1 Å². The van der Waals surface area contributed by atoms with Gasteiger partial charge in [0.15, 0.2) is 0 Å². The monoisotopic (exact) mass is 408 g/mol. The van der Waals surface area contributed by atoms with Crippen LogP contribution in [0.25, 0.3) is 0 Å². The molecule has 0 amide bonds. The number of allylic oxidation sites excluding steroid dienone is 2. The van der Waals surface area contributed by atoms with E-state index in [9.17, 15) is 0 Å². The van der Waals surface area contributed by atoms with Crippen molar-refractivity contribution in [3.63, 3.8) is 0 Å². The summed E-state index contributed by atoms with van der Waals surface area (Å²) in [6.45, 7) is 4.43. The zero-order valence-corrected chi connectivity index (χ0v) is 17.5. The molecule has 2 aliphatic rings. The van der Waals surface area contributed by atoms with Crippen molar-refractivity contribution in [2.75, 3.05) is 31.1 Å². The van der Waals surface area contributed by atoms with E-state index in [1.165, 1.54) is 16.8 Å². The third-order valence-electron chi connectivity index (χ3n) is 5.68. The molecule has 1 fully saturated rings. The molecule has 1 saturated heterocycles. The lowest BCUT2D eigenvalue weighted by molar-refractivity contribution is 0.0557. The van der Waals surface area contributed by atoms with Crippen LogP contribution in [-0.4, -0.2) is 32.3 Å². The summed E-state index contributed by atoms with van der Waals surface area (Å²) in [7, 11) is 0. The summed E-state index contributed by atoms with van der Waals surface area (Å²) in [5.41, 5.74) is 3.81. The van der Waals surface area contributed by atoms with Gasteiger partial charge in [0, 0.05) is 42.8 Å². The molecule has 0 bridgehead atoms. The van der Waals surface area contributed by atoms with Crippen molar-refractivity contribution in [2.45, 2.75) is 25.5 Å². The minimum atomic E-state index is 0.233. The van der Waals surface area contributed by atoms with E-state index in [2.05, 4.69) is 70.9 Å². The molecule has 29 heavy (non-hydrogen) atoms. The van der Waals surface area contributed by atoms with Crippen LogP contribution in [0.1, 0.15) is 18.4 Å². The Bertz CT molecular complexity index is 832. The number of rotatable bonds is 8. The molecular weight excluding hydrogens is 380 g/mol. The van der Waals surface area contributed by atoms with Crippen molar-refractivity contribution in [1.29, 1.82) is 0 Å².